The van der Waals surface area contributed by atoms with Crippen molar-refractivity contribution >= 4 is 11.8 Å². The minimum Gasteiger partial charge on any atom is -0.352 e. The van der Waals surface area contributed by atoms with Crippen LogP contribution < -0.4 is 5.32 Å². The molecule has 1 saturated carbocycles. The first kappa shape index (κ1) is 17.9. The van der Waals surface area contributed by atoms with E-state index in [1.165, 1.54) is 12.8 Å². The maximum absolute atomic E-state index is 12.6. The molecule has 1 saturated heterocycles. The molecule has 138 valence electrons. The molecule has 0 spiro atoms. The van der Waals surface area contributed by atoms with E-state index in [1.54, 1.807) is 4.68 Å². The summed E-state index contributed by atoms with van der Waals surface area (Å²) in [7, 11) is 1.84. The lowest BCUT2D eigenvalue weighted by Crippen LogP contribution is -2.55. The molecule has 2 fully saturated rings. The van der Waals surface area contributed by atoms with Crippen molar-refractivity contribution in [2.75, 3.05) is 26.2 Å². The van der Waals surface area contributed by atoms with Gasteiger partial charge in [-0.2, -0.15) is 5.10 Å². The summed E-state index contributed by atoms with van der Waals surface area (Å²) < 4.78 is 1.72. The molecular formula is C18H29N5O2. The van der Waals surface area contributed by atoms with E-state index in [0.29, 0.717) is 24.8 Å². The largest absolute Gasteiger partial charge is 0.352 e. The number of aromatic nitrogens is 2. The lowest BCUT2D eigenvalue weighted by molar-refractivity contribution is -0.127. The molecule has 2 heterocycles. The molecule has 1 aliphatic carbocycles. The number of aryl methyl sites for hydroxylation is 2. The van der Waals surface area contributed by atoms with Crippen LogP contribution in [0.4, 0.5) is 0 Å². The molecular weight excluding hydrogens is 318 g/mol. The van der Waals surface area contributed by atoms with Gasteiger partial charge in [-0.25, -0.2) is 0 Å². The zero-order chi connectivity index (χ0) is 18.0. The molecule has 2 amide bonds. The summed E-state index contributed by atoms with van der Waals surface area (Å²) in [5.74, 6) is 0.0958. The molecule has 3 rings (SSSR count). The van der Waals surface area contributed by atoms with Crippen molar-refractivity contribution in [3.05, 3.63) is 17.5 Å². The molecule has 1 aromatic rings. The Labute approximate surface area is 149 Å². The van der Waals surface area contributed by atoms with Crippen LogP contribution in [0.1, 0.15) is 48.8 Å². The van der Waals surface area contributed by atoms with E-state index in [1.807, 2.05) is 31.9 Å². The van der Waals surface area contributed by atoms with E-state index >= 15 is 0 Å². The van der Waals surface area contributed by atoms with Gasteiger partial charge in [-0.15, -0.1) is 0 Å². The highest BCUT2D eigenvalue weighted by molar-refractivity contribution is 5.92. The van der Waals surface area contributed by atoms with Gasteiger partial charge in [0.05, 0.1) is 6.04 Å². The highest BCUT2D eigenvalue weighted by Crippen LogP contribution is 2.18. The quantitative estimate of drug-likeness (QED) is 0.880. The predicted molar refractivity (Wildman–Crippen MR) is 95.3 cm³/mol. The molecule has 2 aliphatic rings. The molecule has 25 heavy (non-hydrogen) atoms. The van der Waals surface area contributed by atoms with Crippen LogP contribution in [0.2, 0.25) is 0 Å². The maximum atomic E-state index is 12.6. The van der Waals surface area contributed by atoms with Gasteiger partial charge >= 0.3 is 0 Å². The van der Waals surface area contributed by atoms with Crippen molar-refractivity contribution in [2.45, 2.75) is 51.6 Å². The van der Waals surface area contributed by atoms with E-state index in [4.69, 9.17) is 0 Å². The summed E-state index contributed by atoms with van der Waals surface area (Å²) in [5, 5.41) is 7.44. The number of hydrogen-bond acceptors (Lipinski definition) is 4. The maximum Gasteiger partial charge on any atom is 0.274 e. The van der Waals surface area contributed by atoms with Crippen LogP contribution in [0.5, 0.6) is 0 Å². The Kier molecular flexibility index (Phi) is 5.42. The zero-order valence-electron chi connectivity index (χ0n) is 15.5. The lowest BCUT2D eigenvalue weighted by Gasteiger charge is -2.37. The smallest absolute Gasteiger partial charge is 0.274 e. The molecule has 7 heteroatoms. The Balaban J connectivity index is 1.50. The number of amides is 2. The fourth-order valence-electron chi connectivity index (χ4n) is 3.70. The third-order valence-electron chi connectivity index (χ3n) is 5.56. The van der Waals surface area contributed by atoms with E-state index in [0.717, 1.165) is 31.6 Å². The Morgan fingerprint density at radius 3 is 2.40 bits per heavy atom. The van der Waals surface area contributed by atoms with Gasteiger partial charge in [-0.1, -0.05) is 12.8 Å². The van der Waals surface area contributed by atoms with Crippen LogP contribution in [0, 0.1) is 6.92 Å². The molecule has 0 aromatic carbocycles. The molecule has 0 bridgehead atoms. The molecule has 7 nitrogen and oxygen atoms in total. The van der Waals surface area contributed by atoms with Crippen molar-refractivity contribution in [3.8, 4) is 0 Å². The molecule has 0 radical (unpaired) electrons. The van der Waals surface area contributed by atoms with Gasteiger partial charge in [0.15, 0.2) is 5.69 Å². The van der Waals surface area contributed by atoms with Crippen molar-refractivity contribution in [1.82, 2.24) is 24.9 Å². The van der Waals surface area contributed by atoms with Gasteiger partial charge in [-0.05, 0) is 32.8 Å². The Bertz CT molecular complexity index is 608. The first-order valence-electron chi connectivity index (χ1n) is 9.30. The molecule has 0 unspecified atom stereocenters. The number of nitrogens with one attached hydrogen (secondary N) is 1. The van der Waals surface area contributed by atoms with Gasteiger partial charge in [-0.3, -0.25) is 19.2 Å². The average Bonchev–Trinajstić information content (AvgIpc) is 3.24. The number of nitrogens with zero attached hydrogens (tertiary/aromatic N) is 4. The monoisotopic (exact) mass is 347 g/mol. The third-order valence-corrected chi connectivity index (χ3v) is 5.56. The number of piperazine rings is 1. The Morgan fingerprint density at radius 1 is 1.20 bits per heavy atom. The normalized spacial score (nSPS) is 20.7. The van der Waals surface area contributed by atoms with Crippen molar-refractivity contribution in [3.63, 3.8) is 0 Å². The Morgan fingerprint density at radius 2 is 1.84 bits per heavy atom. The van der Waals surface area contributed by atoms with E-state index in [9.17, 15) is 9.59 Å². The second-order valence-electron chi connectivity index (χ2n) is 7.29. The minimum absolute atomic E-state index is 0.0218. The predicted octanol–water partition coefficient (Wildman–Crippen LogP) is 0.934. The summed E-state index contributed by atoms with van der Waals surface area (Å²) >= 11 is 0. The van der Waals surface area contributed by atoms with Crippen LogP contribution >= 0.6 is 0 Å². The average molecular weight is 347 g/mol. The topological polar surface area (TPSA) is 70.5 Å². The Hall–Kier alpha value is -1.89. The summed E-state index contributed by atoms with van der Waals surface area (Å²) in [4.78, 5) is 29.0. The molecule has 1 aliphatic heterocycles. The zero-order valence-corrected chi connectivity index (χ0v) is 15.5. The lowest BCUT2D eigenvalue weighted by atomic mass is 10.1. The third kappa shape index (κ3) is 4.03. The van der Waals surface area contributed by atoms with Gasteiger partial charge < -0.3 is 10.2 Å². The van der Waals surface area contributed by atoms with Gasteiger partial charge in [0, 0.05) is 45.0 Å². The highest BCUT2D eigenvalue weighted by Gasteiger charge is 2.30. The van der Waals surface area contributed by atoms with Crippen molar-refractivity contribution in [1.29, 1.82) is 0 Å². The number of carbonyl (C=O) groups is 2. The first-order chi connectivity index (χ1) is 12.0. The van der Waals surface area contributed by atoms with E-state index in [2.05, 4.69) is 15.3 Å². The standard InChI is InChI=1S/C18H29N5O2/c1-13-12-16(20-21(13)3)18(25)23-10-8-22(9-11-23)14(2)17(24)19-15-6-4-5-7-15/h12,14-15H,4-11H2,1-3H3,(H,19,24)/t14-/m0/s1. The van der Waals surface area contributed by atoms with Crippen LogP contribution in [0.15, 0.2) is 6.07 Å². The molecule has 1 aromatic heterocycles. The summed E-state index contributed by atoms with van der Waals surface area (Å²) in [5.41, 5.74) is 1.47. The van der Waals surface area contributed by atoms with Crippen molar-refractivity contribution in [2.24, 2.45) is 7.05 Å². The van der Waals surface area contributed by atoms with Gasteiger partial charge in [0.2, 0.25) is 5.91 Å². The van der Waals surface area contributed by atoms with Gasteiger partial charge in [0.25, 0.3) is 5.91 Å². The molecule has 1 N–H and O–H groups in total. The number of rotatable bonds is 4. The van der Waals surface area contributed by atoms with E-state index in [-0.39, 0.29) is 17.9 Å². The fraction of sp³-hybridized carbons (Fsp3) is 0.722. The van der Waals surface area contributed by atoms with Crippen LogP contribution in [-0.4, -0.2) is 69.7 Å². The first-order valence-corrected chi connectivity index (χ1v) is 9.30. The number of carbonyl (C=O) groups excluding carboxylic acids is 2. The van der Waals surface area contributed by atoms with Crippen LogP contribution in [-0.2, 0) is 11.8 Å². The highest BCUT2D eigenvalue weighted by atomic mass is 16.2. The molecule has 1 atom stereocenters. The van der Waals surface area contributed by atoms with Crippen LogP contribution in [0.3, 0.4) is 0 Å². The van der Waals surface area contributed by atoms with E-state index < -0.39 is 0 Å². The minimum atomic E-state index is -0.144. The second kappa shape index (κ2) is 7.56. The fourth-order valence-corrected chi connectivity index (χ4v) is 3.70. The van der Waals surface area contributed by atoms with Gasteiger partial charge in [0.1, 0.15) is 0 Å². The second-order valence-corrected chi connectivity index (χ2v) is 7.29. The summed E-state index contributed by atoms with van der Waals surface area (Å²) in [6.45, 7) is 6.61. The van der Waals surface area contributed by atoms with Crippen LogP contribution in [0.25, 0.3) is 0 Å². The summed E-state index contributed by atoms with van der Waals surface area (Å²) in [6, 6.07) is 2.03. The van der Waals surface area contributed by atoms with Crippen molar-refractivity contribution < 1.29 is 9.59 Å². The number of hydrogen-bond donors (Lipinski definition) is 1. The SMILES string of the molecule is Cc1cc(C(=O)N2CCN([C@@H](C)C(=O)NC3CCCC3)CC2)nn1C. The summed E-state index contributed by atoms with van der Waals surface area (Å²) in [6.07, 6.45) is 4.63.